The maximum Gasteiger partial charge on any atom is 0.142 e. The third-order valence-corrected chi connectivity index (χ3v) is 2.86. The highest BCUT2D eigenvalue weighted by Crippen LogP contribution is 2.17. The first-order valence-electron chi connectivity index (χ1n) is 5.50. The van der Waals surface area contributed by atoms with E-state index in [0.29, 0.717) is 0 Å². The van der Waals surface area contributed by atoms with Gasteiger partial charge in [-0.3, -0.25) is 4.98 Å². The summed E-state index contributed by atoms with van der Waals surface area (Å²) >= 11 is 1.85. The summed E-state index contributed by atoms with van der Waals surface area (Å²) in [4.78, 5) is 4.47. The van der Waals surface area contributed by atoms with E-state index in [2.05, 4.69) is 16.6 Å². The Morgan fingerprint density at radius 3 is 2.94 bits per heavy atom. The highest BCUT2D eigenvalue weighted by molar-refractivity contribution is 7.98. The fraction of sp³-hybridized carbons (Fsp3) is 0.583. The Morgan fingerprint density at radius 1 is 1.44 bits per heavy atom. The number of aryl methyl sites for hydroxylation is 1. The Bertz CT molecular complexity index is 318. The lowest BCUT2D eigenvalue weighted by molar-refractivity contribution is 0.313. The van der Waals surface area contributed by atoms with Crippen molar-refractivity contribution in [1.29, 1.82) is 0 Å². The molecule has 0 amide bonds. The fourth-order valence-electron chi connectivity index (χ4n) is 1.41. The molecule has 0 atom stereocenters. The topological polar surface area (TPSA) is 34.2 Å². The third-order valence-electron chi connectivity index (χ3n) is 2.17. The average Bonchev–Trinajstić information content (AvgIpc) is 2.27. The molecule has 0 aliphatic carbocycles. The molecular weight excluding hydrogens is 220 g/mol. The Labute approximate surface area is 102 Å². The average molecular weight is 240 g/mol. The molecule has 0 fully saturated rings. The number of pyridine rings is 1. The Hall–Kier alpha value is -0.740. The van der Waals surface area contributed by atoms with Gasteiger partial charge in [-0.05, 0) is 44.5 Å². The van der Waals surface area contributed by atoms with E-state index in [9.17, 15) is 0 Å². The van der Waals surface area contributed by atoms with Crippen LogP contribution in [-0.2, 0) is 6.54 Å². The minimum absolute atomic E-state index is 0.750. The van der Waals surface area contributed by atoms with Crippen LogP contribution in [0.5, 0.6) is 5.75 Å². The van der Waals surface area contributed by atoms with Crippen LogP contribution in [0, 0.1) is 6.92 Å². The number of aromatic nitrogens is 1. The van der Waals surface area contributed by atoms with E-state index in [-0.39, 0.29) is 0 Å². The van der Waals surface area contributed by atoms with Crippen molar-refractivity contribution in [3.8, 4) is 5.75 Å². The molecule has 1 rings (SSSR count). The van der Waals surface area contributed by atoms with Crippen LogP contribution >= 0.6 is 11.8 Å². The molecule has 4 heteroatoms. The molecular formula is C12H20N2OS. The summed E-state index contributed by atoms with van der Waals surface area (Å²) in [5, 5.41) is 3.11. The Balaban J connectivity index is 2.56. The molecule has 3 nitrogen and oxygen atoms in total. The highest BCUT2D eigenvalue weighted by atomic mass is 32.2. The third kappa shape index (κ3) is 4.41. The van der Waals surface area contributed by atoms with Crippen molar-refractivity contribution >= 4 is 11.8 Å². The van der Waals surface area contributed by atoms with E-state index >= 15 is 0 Å². The van der Waals surface area contributed by atoms with Gasteiger partial charge < -0.3 is 10.1 Å². The van der Waals surface area contributed by atoms with Crippen LogP contribution in [-0.4, -0.2) is 30.6 Å². The lowest BCUT2D eigenvalue weighted by atomic mass is 10.3. The van der Waals surface area contributed by atoms with Gasteiger partial charge in [0, 0.05) is 12.2 Å². The first-order valence-corrected chi connectivity index (χ1v) is 6.90. The van der Waals surface area contributed by atoms with Crippen LogP contribution in [0.1, 0.15) is 17.8 Å². The van der Waals surface area contributed by atoms with Crippen molar-refractivity contribution in [2.24, 2.45) is 0 Å². The molecule has 0 bridgehead atoms. The zero-order valence-electron chi connectivity index (χ0n) is 10.2. The van der Waals surface area contributed by atoms with E-state index < -0.39 is 0 Å². The van der Waals surface area contributed by atoms with E-state index in [4.69, 9.17) is 4.74 Å². The summed E-state index contributed by atoms with van der Waals surface area (Å²) < 4.78 is 5.73. The van der Waals surface area contributed by atoms with Crippen LogP contribution in [0.15, 0.2) is 12.1 Å². The summed E-state index contributed by atoms with van der Waals surface area (Å²) in [5.41, 5.74) is 2.02. The van der Waals surface area contributed by atoms with Crippen LogP contribution in [0.25, 0.3) is 0 Å². The number of hydrogen-bond donors (Lipinski definition) is 1. The molecule has 1 heterocycles. The molecule has 1 N–H and O–H groups in total. The second-order valence-corrected chi connectivity index (χ2v) is 4.61. The predicted molar refractivity (Wildman–Crippen MR) is 70.2 cm³/mol. The standard InChI is InChI=1S/C12H20N2OS/c1-10-5-6-12(11(14-10)9-13-2)15-7-4-8-16-3/h5-6,13H,4,7-9H2,1-3H3. The van der Waals surface area contributed by atoms with Gasteiger partial charge in [0.1, 0.15) is 5.75 Å². The lowest BCUT2D eigenvalue weighted by Gasteiger charge is -2.10. The van der Waals surface area contributed by atoms with Gasteiger partial charge in [0.25, 0.3) is 0 Å². The second-order valence-electron chi connectivity index (χ2n) is 3.62. The molecule has 90 valence electrons. The quantitative estimate of drug-likeness (QED) is 0.741. The van der Waals surface area contributed by atoms with Gasteiger partial charge in [-0.2, -0.15) is 11.8 Å². The zero-order valence-corrected chi connectivity index (χ0v) is 11.1. The van der Waals surface area contributed by atoms with E-state index in [1.807, 2.05) is 37.9 Å². The molecule has 1 aromatic heterocycles. The monoisotopic (exact) mass is 240 g/mol. The molecule has 0 radical (unpaired) electrons. The molecule has 0 saturated heterocycles. The van der Waals surface area contributed by atoms with Crippen molar-refractivity contribution in [2.45, 2.75) is 19.9 Å². The van der Waals surface area contributed by atoms with Crippen molar-refractivity contribution < 1.29 is 4.74 Å². The van der Waals surface area contributed by atoms with Crippen LogP contribution in [0.4, 0.5) is 0 Å². The minimum Gasteiger partial charge on any atom is -0.492 e. The second kappa shape index (κ2) is 7.52. The van der Waals surface area contributed by atoms with Gasteiger partial charge in [0.2, 0.25) is 0 Å². The predicted octanol–water partition coefficient (Wildman–Crippen LogP) is 2.24. The lowest BCUT2D eigenvalue weighted by Crippen LogP contribution is -2.10. The number of hydrogen-bond acceptors (Lipinski definition) is 4. The maximum atomic E-state index is 5.73. The molecule has 0 unspecified atom stereocenters. The van der Waals surface area contributed by atoms with E-state index in [0.717, 1.165) is 42.5 Å². The summed E-state index contributed by atoms with van der Waals surface area (Å²) in [6.45, 7) is 3.51. The van der Waals surface area contributed by atoms with Crippen LogP contribution in [0.2, 0.25) is 0 Å². The molecule has 0 aliphatic heterocycles. The first-order chi connectivity index (χ1) is 7.77. The number of ether oxygens (including phenoxy) is 1. The van der Waals surface area contributed by atoms with Crippen molar-refractivity contribution in [3.63, 3.8) is 0 Å². The van der Waals surface area contributed by atoms with Gasteiger partial charge >= 0.3 is 0 Å². The number of nitrogens with one attached hydrogen (secondary N) is 1. The van der Waals surface area contributed by atoms with Crippen LogP contribution < -0.4 is 10.1 Å². The summed E-state index contributed by atoms with van der Waals surface area (Å²) in [5.74, 6) is 2.04. The molecule has 1 aromatic rings. The van der Waals surface area contributed by atoms with Gasteiger partial charge in [-0.1, -0.05) is 0 Å². The van der Waals surface area contributed by atoms with E-state index in [1.165, 1.54) is 0 Å². The van der Waals surface area contributed by atoms with Crippen molar-refractivity contribution in [2.75, 3.05) is 25.7 Å². The highest BCUT2D eigenvalue weighted by Gasteiger charge is 2.04. The van der Waals surface area contributed by atoms with Gasteiger partial charge in [-0.15, -0.1) is 0 Å². The molecule has 0 aliphatic rings. The summed E-state index contributed by atoms with van der Waals surface area (Å²) in [6, 6.07) is 4.00. The fourth-order valence-corrected chi connectivity index (χ4v) is 1.82. The SMILES string of the molecule is CNCc1nc(C)ccc1OCCCSC. The van der Waals surface area contributed by atoms with Crippen molar-refractivity contribution in [3.05, 3.63) is 23.5 Å². The summed E-state index contributed by atoms with van der Waals surface area (Å²) in [6.07, 6.45) is 3.19. The zero-order chi connectivity index (χ0) is 11.8. The number of thioether (sulfide) groups is 1. The maximum absolute atomic E-state index is 5.73. The van der Waals surface area contributed by atoms with E-state index in [1.54, 1.807) is 0 Å². The Morgan fingerprint density at radius 2 is 2.25 bits per heavy atom. The van der Waals surface area contributed by atoms with Gasteiger partial charge in [-0.25, -0.2) is 0 Å². The largest absolute Gasteiger partial charge is 0.492 e. The first kappa shape index (κ1) is 13.3. The molecule has 0 spiro atoms. The number of nitrogens with zero attached hydrogens (tertiary/aromatic N) is 1. The smallest absolute Gasteiger partial charge is 0.142 e. The van der Waals surface area contributed by atoms with Crippen molar-refractivity contribution in [1.82, 2.24) is 10.3 Å². The molecule has 0 aromatic carbocycles. The summed E-state index contributed by atoms with van der Waals surface area (Å²) in [7, 11) is 1.92. The van der Waals surface area contributed by atoms with Crippen LogP contribution in [0.3, 0.4) is 0 Å². The van der Waals surface area contributed by atoms with Gasteiger partial charge in [0.05, 0.1) is 12.3 Å². The normalized spacial score (nSPS) is 10.4. The van der Waals surface area contributed by atoms with Gasteiger partial charge in [0.15, 0.2) is 0 Å². The Kier molecular flexibility index (Phi) is 6.26. The molecule has 0 saturated carbocycles. The minimum atomic E-state index is 0.750. The number of rotatable bonds is 7. The molecule has 16 heavy (non-hydrogen) atoms.